The van der Waals surface area contributed by atoms with E-state index in [1.54, 1.807) is 0 Å². The van der Waals surface area contributed by atoms with Gasteiger partial charge in [0, 0.05) is 17.2 Å². The number of hydrogen-bond donors (Lipinski definition) is 0. The molecule has 192 valence electrons. The predicted octanol–water partition coefficient (Wildman–Crippen LogP) is 6.49. The van der Waals surface area contributed by atoms with E-state index in [0.717, 1.165) is 0 Å². The highest BCUT2D eigenvalue weighted by Crippen LogP contribution is 2.28. The molecule has 0 saturated heterocycles. The SMILES string of the molecule is Cc1cc(C)c([B-]2(c3c(C)cc(C)cc3C)c3ccccc3-c3ccc(/C=C/c4ccccc4)c[n+]32)c(C)c1. The van der Waals surface area contributed by atoms with Gasteiger partial charge in [-0.25, -0.2) is 0 Å². The van der Waals surface area contributed by atoms with E-state index in [1.807, 2.05) is 0 Å². The molecule has 1 aliphatic rings. The average molecular weight is 506 g/mol. The second kappa shape index (κ2) is 9.54. The largest absolute Gasteiger partial charge is 0.408 e. The van der Waals surface area contributed by atoms with Gasteiger partial charge in [-0.1, -0.05) is 118 Å². The van der Waals surface area contributed by atoms with Crippen LogP contribution in [0.4, 0.5) is 0 Å². The van der Waals surface area contributed by atoms with Crippen LogP contribution in [0.5, 0.6) is 0 Å². The van der Waals surface area contributed by atoms with Gasteiger partial charge in [0.15, 0.2) is 5.69 Å². The second-order valence-electron chi connectivity index (χ2n) is 11.5. The van der Waals surface area contributed by atoms with Crippen LogP contribution < -0.4 is 20.9 Å². The number of pyridine rings is 1. The van der Waals surface area contributed by atoms with Crippen molar-refractivity contribution in [3.63, 3.8) is 0 Å². The van der Waals surface area contributed by atoms with Crippen LogP contribution in [0.15, 0.2) is 97.2 Å². The Morgan fingerprint density at radius 1 is 0.538 bits per heavy atom. The molecule has 1 aliphatic heterocycles. The highest BCUT2D eigenvalue weighted by molar-refractivity contribution is 7.07. The van der Waals surface area contributed by atoms with Crippen LogP contribution in [0.1, 0.15) is 44.5 Å². The van der Waals surface area contributed by atoms with E-state index in [-0.39, 0.29) is 0 Å². The molecule has 0 radical (unpaired) electrons. The molecule has 6 rings (SSSR count). The van der Waals surface area contributed by atoms with Crippen molar-refractivity contribution in [3.05, 3.63) is 142 Å². The van der Waals surface area contributed by atoms with Crippen molar-refractivity contribution in [2.75, 3.05) is 0 Å². The first-order chi connectivity index (χ1) is 18.8. The molecule has 0 spiro atoms. The van der Waals surface area contributed by atoms with E-state index in [4.69, 9.17) is 0 Å². The van der Waals surface area contributed by atoms with Crippen LogP contribution in [-0.2, 0) is 0 Å². The van der Waals surface area contributed by atoms with Gasteiger partial charge in [-0.05, 0) is 59.2 Å². The topological polar surface area (TPSA) is 3.88 Å². The highest BCUT2D eigenvalue weighted by Gasteiger charge is 2.52. The summed E-state index contributed by atoms with van der Waals surface area (Å²) >= 11 is 0. The van der Waals surface area contributed by atoms with Crippen molar-refractivity contribution in [3.8, 4) is 11.3 Å². The molecule has 0 N–H and O–H groups in total. The summed E-state index contributed by atoms with van der Waals surface area (Å²) in [6.45, 7) is 13.6. The summed E-state index contributed by atoms with van der Waals surface area (Å²) in [5.74, 6) is 0. The molecule has 0 aliphatic carbocycles. The summed E-state index contributed by atoms with van der Waals surface area (Å²) in [6, 6.07) is 33.7. The summed E-state index contributed by atoms with van der Waals surface area (Å²) in [7, 11) is 0. The molecule has 5 aromatic rings. The third-order valence-electron chi connectivity index (χ3n) is 8.68. The molecule has 0 saturated carbocycles. The van der Waals surface area contributed by atoms with Gasteiger partial charge in [0.2, 0.25) is 0 Å². The molecule has 1 nitrogen and oxygen atoms in total. The third kappa shape index (κ3) is 3.98. The maximum Gasteiger partial charge on any atom is 0.362 e. The van der Waals surface area contributed by atoms with Gasteiger partial charge >= 0.3 is 6.28 Å². The molecule has 2 heterocycles. The quantitative estimate of drug-likeness (QED) is 0.241. The normalized spacial score (nSPS) is 13.5. The fourth-order valence-corrected chi connectivity index (χ4v) is 7.62. The fraction of sp³-hybridized carbons (Fsp3) is 0.162. The number of aromatic nitrogens is 1. The minimum Gasteiger partial charge on any atom is -0.408 e. The van der Waals surface area contributed by atoms with Gasteiger partial charge in [-0.15, -0.1) is 16.4 Å². The third-order valence-corrected chi connectivity index (χ3v) is 8.68. The van der Waals surface area contributed by atoms with Gasteiger partial charge in [0.25, 0.3) is 0 Å². The lowest BCUT2D eigenvalue weighted by atomic mass is 9.22. The molecular formula is C37H36BN. The zero-order valence-corrected chi connectivity index (χ0v) is 23.9. The van der Waals surface area contributed by atoms with Gasteiger partial charge in [0.05, 0.1) is 0 Å². The summed E-state index contributed by atoms with van der Waals surface area (Å²) in [6.07, 6.45) is 5.37. The van der Waals surface area contributed by atoms with E-state index in [9.17, 15) is 0 Å². The number of aryl methyl sites for hydroxylation is 6. The Hall–Kier alpha value is -4.17. The highest BCUT2D eigenvalue weighted by atomic mass is 14.9. The van der Waals surface area contributed by atoms with E-state index < -0.39 is 6.28 Å². The smallest absolute Gasteiger partial charge is 0.362 e. The van der Waals surface area contributed by atoms with Crippen molar-refractivity contribution in [1.29, 1.82) is 0 Å². The number of benzene rings is 4. The Balaban J connectivity index is 1.75. The summed E-state index contributed by atoms with van der Waals surface area (Å²) in [4.78, 5) is 0. The maximum absolute atomic E-state index is 2.63. The Kier molecular flexibility index (Phi) is 6.15. The molecule has 0 amide bonds. The van der Waals surface area contributed by atoms with E-state index in [1.165, 1.54) is 72.2 Å². The Bertz CT molecular complexity index is 1660. The number of nitrogens with zero attached hydrogens (tertiary/aromatic N) is 1. The van der Waals surface area contributed by atoms with E-state index in [2.05, 4.69) is 155 Å². The summed E-state index contributed by atoms with van der Waals surface area (Å²) in [5.41, 5.74) is 17.3. The van der Waals surface area contributed by atoms with Crippen LogP contribution in [-0.4, -0.2) is 6.28 Å². The standard InChI is InChI=1S/C37H36BN/c1-25-20-27(3)36(28(4)21-25)38(37-29(5)22-26(2)23-30(37)6)34-15-11-10-14-33(34)35-19-18-32(24-39(35)38)17-16-31-12-8-7-9-13-31/h7-24H,1-6H3/b17-16+. The van der Waals surface area contributed by atoms with E-state index >= 15 is 0 Å². The van der Waals surface area contributed by atoms with Gasteiger partial charge in [0.1, 0.15) is 6.20 Å². The van der Waals surface area contributed by atoms with Crippen LogP contribution in [0, 0.1) is 41.5 Å². The fourth-order valence-electron chi connectivity index (χ4n) is 7.62. The van der Waals surface area contributed by atoms with Crippen molar-refractivity contribution in [2.45, 2.75) is 41.5 Å². The molecule has 0 atom stereocenters. The Morgan fingerprint density at radius 3 is 1.64 bits per heavy atom. The Labute approximate surface area is 233 Å². The summed E-state index contributed by atoms with van der Waals surface area (Å²) < 4.78 is 2.63. The van der Waals surface area contributed by atoms with Crippen molar-refractivity contribution in [1.82, 2.24) is 0 Å². The lowest BCUT2D eigenvalue weighted by Gasteiger charge is -2.39. The molecule has 1 aromatic heterocycles. The molecule has 0 bridgehead atoms. The molecular weight excluding hydrogens is 469 g/mol. The van der Waals surface area contributed by atoms with Crippen molar-refractivity contribution in [2.24, 2.45) is 0 Å². The van der Waals surface area contributed by atoms with Gasteiger partial charge < -0.3 is 4.48 Å². The molecule has 4 aromatic carbocycles. The van der Waals surface area contributed by atoms with E-state index in [0.29, 0.717) is 0 Å². The van der Waals surface area contributed by atoms with Gasteiger partial charge in [-0.2, -0.15) is 0 Å². The maximum atomic E-state index is 2.63. The monoisotopic (exact) mass is 505 g/mol. The first kappa shape index (κ1) is 25.1. The number of rotatable bonds is 4. The molecule has 0 fully saturated rings. The molecule has 0 unspecified atom stereocenters. The number of fused-ring (bicyclic) bond motifs is 3. The molecule has 2 heteroatoms. The van der Waals surface area contributed by atoms with Crippen LogP contribution in [0.25, 0.3) is 23.4 Å². The van der Waals surface area contributed by atoms with Crippen LogP contribution >= 0.6 is 0 Å². The zero-order valence-electron chi connectivity index (χ0n) is 23.9. The van der Waals surface area contributed by atoms with Crippen LogP contribution in [0.3, 0.4) is 0 Å². The first-order valence-corrected chi connectivity index (χ1v) is 14.0. The minimum atomic E-state index is -1.48. The van der Waals surface area contributed by atoms with Crippen LogP contribution in [0.2, 0.25) is 0 Å². The predicted molar refractivity (Wildman–Crippen MR) is 169 cm³/mol. The molecule has 39 heavy (non-hydrogen) atoms. The zero-order chi connectivity index (χ0) is 27.3. The van der Waals surface area contributed by atoms with Gasteiger partial charge in [-0.3, -0.25) is 0 Å². The average Bonchev–Trinajstić information content (AvgIpc) is 3.17. The second-order valence-corrected chi connectivity index (χ2v) is 11.5. The van der Waals surface area contributed by atoms with Crippen molar-refractivity contribution < 1.29 is 4.48 Å². The Morgan fingerprint density at radius 2 is 1.05 bits per heavy atom. The minimum absolute atomic E-state index is 1.20. The lowest BCUT2D eigenvalue weighted by molar-refractivity contribution is -0.524. The summed E-state index contributed by atoms with van der Waals surface area (Å²) in [5, 5.41) is 0. The lowest BCUT2D eigenvalue weighted by Crippen LogP contribution is -2.84. The van der Waals surface area contributed by atoms with Crippen molar-refractivity contribution >= 4 is 34.8 Å². The first-order valence-electron chi connectivity index (χ1n) is 14.0. The number of hydrogen-bond acceptors (Lipinski definition) is 0.